The largest absolute Gasteiger partial charge is 0.379 e. The lowest BCUT2D eigenvalue weighted by Crippen LogP contribution is -2.46. The van der Waals surface area contributed by atoms with Crippen LogP contribution in [0.25, 0.3) is 0 Å². The molecule has 1 atom stereocenters. The van der Waals surface area contributed by atoms with E-state index in [9.17, 15) is 0 Å². The number of thiophene rings is 1. The molecule has 1 unspecified atom stereocenters. The van der Waals surface area contributed by atoms with Crippen molar-refractivity contribution in [3.63, 3.8) is 0 Å². The lowest BCUT2D eigenvalue weighted by atomic mass is 10.2. The lowest BCUT2D eigenvalue weighted by Gasteiger charge is -2.34. The second-order valence-corrected chi connectivity index (χ2v) is 8.04. The Morgan fingerprint density at radius 3 is 2.72 bits per heavy atom. The van der Waals surface area contributed by atoms with Crippen molar-refractivity contribution in [2.45, 2.75) is 32.9 Å². The number of aromatic nitrogens is 2. The van der Waals surface area contributed by atoms with E-state index in [4.69, 9.17) is 4.74 Å². The first-order valence-electron chi connectivity index (χ1n) is 9.98. The fraction of sp³-hybridized carbons (Fsp3) is 0.600. The number of ether oxygens (including phenoxy) is 1. The van der Waals surface area contributed by atoms with Crippen LogP contribution in [0.3, 0.4) is 0 Å². The smallest absolute Gasteiger partial charge is 0.191 e. The van der Waals surface area contributed by atoms with Gasteiger partial charge < -0.3 is 15.4 Å². The van der Waals surface area contributed by atoms with Crippen LogP contribution >= 0.6 is 35.3 Å². The molecule has 9 heteroatoms. The molecule has 2 aromatic heterocycles. The fourth-order valence-corrected chi connectivity index (χ4v) is 4.39. The zero-order valence-corrected chi connectivity index (χ0v) is 20.7. The molecule has 2 aromatic rings. The third-order valence-electron chi connectivity index (χ3n) is 4.99. The van der Waals surface area contributed by atoms with Crippen molar-refractivity contribution in [1.82, 2.24) is 25.3 Å². The average Bonchev–Trinajstić information content (AvgIpc) is 3.34. The molecule has 0 amide bonds. The van der Waals surface area contributed by atoms with Gasteiger partial charge in [0.05, 0.1) is 24.9 Å². The van der Waals surface area contributed by atoms with E-state index in [0.29, 0.717) is 6.04 Å². The SMILES string of the molecule is CN=C(NCCCn1nc(C)cc1C)NCC(c1cccs1)N1CCOCC1.I. The third-order valence-corrected chi connectivity index (χ3v) is 5.96. The molecule has 7 nitrogen and oxygen atoms in total. The van der Waals surface area contributed by atoms with Crippen LogP contribution in [-0.2, 0) is 11.3 Å². The lowest BCUT2D eigenvalue weighted by molar-refractivity contribution is 0.0177. The number of aliphatic imine (C=N–C) groups is 1. The summed E-state index contributed by atoms with van der Waals surface area (Å²) in [6.45, 7) is 10.3. The summed E-state index contributed by atoms with van der Waals surface area (Å²) in [5.41, 5.74) is 2.29. The van der Waals surface area contributed by atoms with Crippen LogP contribution in [0, 0.1) is 13.8 Å². The molecule has 1 saturated heterocycles. The normalized spacial score (nSPS) is 16.3. The van der Waals surface area contributed by atoms with Crippen molar-refractivity contribution in [1.29, 1.82) is 0 Å². The predicted octanol–water partition coefficient (Wildman–Crippen LogP) is 2.81. The second kappa shape index (κ2) is 12.5. The molecular formula is C20H33IN6OS. The molecule has 162 valence electrons. The zero-order valence-electron chi connectivity index (χ0n) is 17.6. The number of hydrogen-bond donors (Lipinski definition) is 2. The van der Waals surface area contributed by atoms with Crippen molar-refractivity contribution in [2.24, 2.45) is 4.99 Å². The molecule has 0 aliphatic carbocycles. The zero-order chi connectivity index (χ0) is 19.8. The summed E-state index contributed by atoms with van der Waals surface area (Å²) in [5, 5.41) is 13.6. The van der Waals surface area contributed by atoms with Gasteiger partial charge in [-0.1, -0.05) is 6.07 Å². The van der Waals surface area contributed by atoms with Gasteiger partial charge in [-0.25, -0.2) is 0 Å². The standard InChI is InChI=1S/C20H32N6OS.HI/c1-16-14-17(2)26(24-16)8-5-7-22-20(21-3)23-15-18(19-6-4-13-28-19)25-9-11-27-12-10-25;/h4,6,13-14,18H,5,7-12,15H2,1-3H3,(H2,21,22,23);1H. The Morgan fingerprint density at radius 2 is 2.10 bits per heavy atom. The van der Waals surface area contributed by atoms with Gasteiger partial charge in [-0.3, -0.25) is 14.6 Å². The van der Waals surface area contributed by atoms with Gasteiger partial charge in [0.15, 0.2) is 5.96 Å². The third kappa shape index (κ3) is 7.23. The van der Waals surface area contributed by atoms with E-state index < -0.39 is 0 Å². The Kier molecular flexibility index (Phi) is 10.4. The summed E-state index contributed by atoms with van der Waals surface area (Å²) in [4.78, 5) is 8.27. The molecule has 0 radical (unpaired) electrons. The minimum absolute atomic E-state index is 0. The molecule has 3 heterocycles. The minimum Gasteiger partial charge on any atom is -0.379 e. The molecule has 29 heavy (non-hydrogen) atoms. The van der Waals surface area contributed by atoms with Crippen molar-refractivity contribution in [3.8, 4) is 0 Å². The van der Waals surface area contributed by atoms with Crippen LogP contribution < -0.4 is 10.6 Å². The van der Waals surface area contributed by atoms with Crippen LogP contribution in [0.4, 0.5) is 0 Å². The van der Waals surface area contributed by atoms with Crippen LogP contribution in [0.1, 0.15) is 28.7 Å². The van der Waals surface area contributed by atoms with Gasteiger partial charge in [0.25, 0.3) is 0 Å². The number of nitrogens with zero attached hydrogens (tertiary/aromatic N) is 4. The number of rotatable bonds is 8. The van der Waals surface area contributed by atoms with Gasteiger partial charge in [0.1, 0.15) is 0 Å². The van der Waals surface area contributed by atoms with E-state index in [1.807, 2.05) is 25.3 Å². The van der Waals surface area contributed by atoms with Crippen molar-refractivity contribution >= 4 is 41.3 Å². The molecule has 0 bridgehead atoms. The molecule has 0 saturated carbocycles. The van der Waals surface area contributed by atoms with E-state index in [0.717, 1.165) is 64.0 Å². The van der Waals surface area contributed by atoms with Crippen LogP contribution in [0.15, 0.2) is 28.6 Å². The molecular weight excluding hydrogens is 499 g/mol. The van der Waals surface area contributed by atoms with Crippen LogP contribution in [-0.4, -0.2) is 67.1 Å². The first-order valence-corrected chi connectivity index (χ1v) is 10.9. The summed E-state index contributed by atoms with van der Waals surface area (Å²) >= 11 is 1.81. The first-order chi connectivity index (χ1) is 13.7. The van der Waals surface area contributed by atoms with Crippen molar-refractivity contribution in [3.05, 3.63) is 39.8 Å². The molecule has 1 fully saturated rings. The van der Waals surface area contributed by atoms with Gasteiger partial charge in [-0.15, -0.1) is 35.3 Å². The Bertz CT molecular complexity index is 742. The molecule has 0 aromatic carbocycles. The molecule has 1 aliphatic rings. The van der Waals surface area contributed by atoms with Crippen LogP contribution in [0.2, 0.25) is 0 Å². The number of aryl methyl sites for hydroxylation is 3. The first kappa shape index (κ1) is 24.1. The Balaban J connectivity index is 0.00000300. The van der Waals surface area contributed by atoms with E-state index in [1.54, 1.807) is 0 Å². The Labute approximate surface area is 194 Å². The maximum absolute atomic E-state index is 5.52. The Hall–Kier alpha value is -1.17. The number of guanidine groups is 1. The van der Waals surface area contributed by atoms with Gasteiger partial charge in [-0.05, 0) is 37.8 Å². The second-order valence-electron chi connectivity index (χ2n) is 7.06. The van der Waals surface area contributed by atoms with Gasteiger partial charge in [-0.2, -0.15) is 5.10 Å². The van der Waals surface area contributed by atoms with Gasteiger partial charge in [0, 0.05) is 50.3 Å². The number of hydrogen-bond acceptors (Lipinski definition) is 5. The maximum Gasteiger partial charge on any atom is 0.191 e. The number of halogens is 1. The Morgan fingerprint density at radius 1 is 1.31 bits per heavy atom. The molecule has 2 N–H and O–H groups in total. The molecule has 1 aliphatic heterocycles. The highest BCUT2D eigenvalue weighted by Gasteiger charge is 2.23. The predicted molar refractivity (Wildman–Crippen MR) is 131 cm³/mol. The summed E-state index contributed by atoms with van der Waals surface area (Å²) in [6.07, 6.45) is 1.00. The summed E-state index contributed by atoms with van der Waals surface area (Å²) in [6, 6.07) is 6.80. The van der Waals surface area contributed by atoms with Gasteiger partial charge >= 0.3 is 0 Å². The van der Waals surface area contributed by atoms with Gasteiger partial charge in [0.2, 0.25) is 0 Å². The summed E-state index contributed by atoms with van der Waals surface area (Å²) < 4.78 is 7.59. The van der Waals surface area contributed by atoms with E-state index in [-0.39, 0.29) is 24.0 Å². The number of morpholine rings is 1. The van der Waals surface area contributed by atoms with Crippen molar-refractivity contribution < 1.29 is 4.74 Å². The van der Waals surface area contributed by atoms with E-state index >= 15 is 0 Å². The summed E-state index contributed by atoms with van der Waals surface area (Å²) in [5.74, 6) is 0.850. The average molecular weight is 532 g/mol. The van der Waals surface area contributed by atoms with E-state index in [2.05, 4.69) is 60.8 Å². The van der Waals surface area contributed by atoms with Crippen LogP contribution in [0.5, 0.6) is 0 Å². The molecule has 0 spiro atoms. The summed E-state index contributed by atoms with van der Waals surface area (Å²) in [7, 11) is 1.82. The fourth-order valence-electron chi connectivity index (χ4n) is 3.53. The highest BCUT2D eigenvalue weighted by atomic mass is 127. The quantitative estimate of drug-likeness (QED) is 0.237. The van der Waals surface area contributed by atoms with Crippen molar-refractivity contribution in [2.75, 3.05) is 46.4 Å². The maximum atomic E-state index is 5.52. The number of nitrogens with one attached hydrogen (secondary N) is 2. The minimum atomic E-state index is 0. The van der Waals surface area contributed by atoms with E-state index in [1.165, 1.54) is 10.6 Å². The molecule has 3 rings (SSSR count). The topological polar surface area (TPSA) is 66.7 Å². The highest BCUT2D eigenvalue weighted by Crippen LogP contribution is 2.25. The monoisotopic (exact) mass is 532 g/mol. The highest BCUT2D eigenvalue weighted by molar-refractivity contribution is 14.0.